The molecule has 3 rings (SSSR count). The van der Waals surface area contributed by atoms with E-state index in [1.165, 1.54) is 18.4 Å². The molecule has 0 spiro atoms. The van der Waals surface area contributed by atoms with E-state index in [-0.39, 0.29) is 12.3 Å². The van der Waals surface area contributed by atoms with Crippen molar-refractivity contribution in [2.24, 2.45) is 0 Å². The first-order valence-corrected chi connectivity index (χ1v) is 10.0. The Kier molecular flexibility index (Phi) is 7.10. The first kappa shape index (κ1) is 21.4. The summed E-state index contributed by atoms with van der Waals surface area (Å²) in [4.78, 5) is 28.6. The van der Waals surface area contributed by atoms with Crippen LogP contribution < -0.4 is 25.4 Å². The summed E-state index contributed by atoms with van der Waals surface area (Å²) >= 11 is 7.05. The van der Waals surface area contributed by atoms with Gasteiger partial charge in [0.25, 0.3) is 0 Å². The van der Waals surface area contributed by atoms with Gasteiger partial charge in [0.1, 0.15) is 0 Å². The molecule has 3 amide bonds. The van der Waals surface area contributed by atoms with Crippen LogP contribution in [0.4, 0.5) is 21.3 Å². The number of benzene rings is 2. The van der Waals surface area contributed by atoms with Crippen molar-refractivity contribution in [3.63, 3.8) is 0 Å². The van der Waals surface area contributed by atoms with E-state index in [1.807, 2.05) is 0 Å². The molecule has 0 radical (unpaired) electrons. The third-order valence-electron chi connectivity index (χ3n) is 3.88. The van der Waals surface area contributed by atoms with E-state index < -0.39 is 6.03 Å². The van der Waals surface area contributed by atoms with Gasteiger partial charge < -0.3 is 20.1 Å². The highest BCUT2D eigenvalue weighted by atomic mass is 35.5. The SMILES string of the molecule is COc1ccc(NC(=O)Cc2csc(NC(=O)Nc3ccc(Cl)cc3)n2)cc1OC. The van der Waals surface area contributed by atoms with Crippen molar-refractivity contribution in [3.8, 4) is 11.5 Å². The molecule has 0 saturated carbocycles. The second-order valence-electron chi connectivity index (χ2n) is 6.02. The quantitative estimate of drug-likeness (QED) is 0.490. The van der Waals surface area contributed by atoms with Crippen LogP contribution in [0.2, 0.25) is 5.02 Å². The van der Waals surface area contributed by atoms with Crippen LogP contribution in [0.25, 0.3) is 0 Å². The van der Waals surface area contributed by atoms with Crippen LogP contribution in [0.3, 0.4) is 0 Å². The molecule has 3 aromatic rings. The van der Waals surface area contributed by atoms with Crippen molar-refractivity contribution < 1.29 is 19.1 Å². The fourth-order valence-electron chi connectivity index (χ4n) is 2.52. The number of halogens is 1. The van der Waals surface area contributed by atoms with Crippen molar-refractivity contribution in [1.82, 2.24) is 4.98 Å². The fourth-order valence-corrected chi connectivity index (χ4v) is 3.35. The van der Waals surface area contributed by atoms with E-state index in [4.69, 9.17) is 21.1 Å². The third kappa shape index (κ3) is 5.85. The third-order valence-corrected chi connectivity index (χ3v) is 4.94. The van der Waals surface area contributed by atoms with Gasteiger partial charge in [-0.1, -0.05) is 11.6 Å². The molecule has 1 heterocycles. The van der Waals surface area contributed by atoms with Gasteiger partial charge in [-0.2, -0.15) is 0 Å². The van der Waals surface area contributed by atoms with E-state index in [0.29, 0.717) is 38.7 Å². The van der Waals surface area contributed by atoms with Crippen LogP contribution in [0.1, 0.15) is 5.69 Å². The number of carbonyl (C=O) groups excluding carboxylic acids is 2. The standard InChI is InChI=1S/C20H19ClN4O4S/c1-28-16-8-7-14(9-17(16)29-2)22-18(26)10-15-11-30-20(24-15)25-19(27)23-13-5-3-12(21)4-6-13/h3-9,11H,10H2,1-2H3,(H,22,26)(H2,23,24,25,27). The zero-order chi connectivity index (χ0) is 21.5. The Bertz CT molecular complexity index is 1040. The Morgan fingerprint density at radius 2 is 1.67 bits per heavy atom. The molecular weight excluding hydrogens is 428 g/mol. The molecular formula is C20H19ClN4O4S. The van der Waals surface area contributed by atoms with Crippen LogP contribution in [-0.4, -0.2) is 31.1 Å². The number of ether oxygens (including phenoxy) is 2. The molecule has 0 atom stereocenters. The number of hydrogen-bond acceptors (Lipinski definition) is 6. The molecule has 8 nitrogen and oxygen atoms in total. The number of nitrogens with one attached hydrogen (secondary N) is 3. The number of amides is 3. The molecule has 10 heteroatoms. The van der Waals surface area contributed by atoms with Crippen LogP contribution in [0.15, 0.2) is 47.8 Å². The molecule has 0 aliphatic heterocycles. The topological polar surface area (TPSA) is 102 Å². The molecule has 0 unspecified atom stereocenters. The second kappa shape index (κ2) is 9.95. The summed E-state index contributed by atoms with van der Waals surface area (Å²) in [5, 5.41) is 10.8. The summed E-state index contributed by atoms with van der Waals surface area (Å²) in [5.74, 6) is 0.842. The van der Waals surface area contributed by atoms with Crippen LogP contribution >= 0.6 is 22.9 Å². The zero-order valence-corrected chi connectivity index (χ0v) is 17.8. The number of rotatable bonds is 7. The van der Waals surface area contributed by atoms with E-state index in [0.717, 1.165) is 0 Å². The maximum absolute atomic E-state index is 12.3. The van der Waals surface area contributed by atoms with E-state index in [9.17, 15) is 9.59 Å². The molecule has 156 valence electrons. The summed E-state index contributed by atoms with van der Waals surface area (Å²) in [7, 11) is 3.07. The second-order valence-corrected chi connectivity index (χ2v) is 7.32. The number of carbonyl (C=O) groups is 2. The lowest BCUT2D eigenvalue weighted by Crippen LogP contribution is -2.19. The van der Waals surface area contributed by atoms with Crippen LogP contribution in [0, 0.1) is 0 Å². The highest BCUT2D eigenvalue weighted by molar-refractivity contribution is 7.14. The minimum absolute atomic E-state index is 0.0608. The molecule has 0 saturated heterocycles. The van der Waals surface area contributed by atoms with Gasteiger partial charge in [-0.05, 0) is 36.4 Å². The number of nitrogens with zero attached hydrogens (tertiary/aromatic N) is 1. The van der Waals surface area contributed by atoms with Crippen molar-refractivity contribution in [2.45, 2.75) is 6.42 Å². The molecule has 0 aliphatic carbocycles. The Balaban J connectivity index is 1.54. The van der Waals surface area contributed by atoms with Gasteiger partial charge in [-0.3, -0.25) is 10.1 Å². The van der Waals surface area contributed by atoms with Crippen LogP contribution in [-0.2, 0) is 11.2 Å². The summed E-state index contributed by atoms with van der Waals surface area (Å²) < 4.78 is 10.4. The lowest BCUT2D eigenvalue weighted by atomic mass is 10.2. The normalized spacial score (nSPS) is 10.2. The number of urea groups is 1. The zero-order valence-electron chi connectivity index (χ0n) is 16.2. The molecule has 0 bridgehead atoms. The maximum Gasteiger partial charge on any atom is 0.325 e. The molecule has 0 aliphatic rings. The van der Waals surface area contributed by atoms with Gasteiger partial charge in [-0.15, -0.1) is 11.3 Å². The highest BCUT2D eigenvalue weighted by Crippen LogP contribution is 2.29. The van der Waals surface area contributed by atoms with E-state index in [1.54, 1.807) is 55.0 Å². The molecule has 0 fully saturated rings. The number of hydrogen-bond donors (Lipinski definition) is 3. The maximum atomic E-state index is 12.3. The first-order chi connectivity index (χ1) is 14.5. The largest absolute Gasteiger partial charge is 0.493 e. The van der Waals surface area contributed by atoms with Gasteiger partial charge in [0.2, 0.25) is 5.91 Å². The van der Waals surface area contributed by atoms with Gasteiger partial charge in [0, 0.05) is 27.8 Å². The smallest absolute Gasteiger partial charge is 0.325 e. The lowest BCUT2D eigenvalue weighted by Gasteiger charge is -2.10. The van der Waals surface area contributed by atoms with Gasteiger partial charge in [0.15, 0.2) is 16.6 Å². The van der Waals surface area contributed by atoms with Crippen molar-refractivity contribution in [1.29, 1.82) is 0 Å². The Hall–Kier alpha value is -3.30. The predicted octanol–water partition coefficient (Wildman–Crippen LogP) is 4.64. The minimum atomic E-state index is -0.437. The van der Waals surface area contributed by atoms with E-state index >= 15 is 0 Å². The molecule has 30 heavy (non-hydrogen) atoms. The fraction of sp³-hybridized carbons (Fsp3) is 0.150. The monoisotopic (exact) mass is 446 g/mol. The number of thiazole rings is 1. The van der Waals surface area contributed by atoms with Gasteiger partial charge >= 0.3 is 6.03 Å². The Morgan fingerprint density at radius 3 is 2.37 bits per heavy atom. The average molecular weight is 447 g/mol. The molecule has 1 aromatic heterocycles. The van der Waals surface area contributed by atoms with Crippen molar-refractivity contribution in [2.75, 3.05) is 30.2 Å². The average Bonchev–Trinajstić information content (AvgIpc) is 3.15. The summed E-state index contributed by atoms with van der Waals surface area (Å²) in [6, 6.07) is 11.4. The molecule has 3 N–H and O–H groups in total. The summed E-state index contributed by atoms with van der Waals surface area (Å²) in [5.41, 5.74) is 1.72. The number of methoxy groups -OCH3 is 2. The number of anilines is 3. The minimum Gasteiger partial charge on any atom is -0.493 e. The highest BCUT2D eigenvalue weighted by Gasteiger charge is 2.12. The van der Waals surface area contributed by atoms with Crippen molar-refractivity contribution in [3.05, 3.63) is 58.6 Å². The lowest BCUT2D eigenvalue weighted by molar-refractivity contribution is -0.115. The Morgan fingerprint density at radius 1 is 0.967 bits per heavy atom. The predicted molar refractivity (Wildman–Crippen MR) is 118 cm³/mol. The van der Waals surface area contributed by atoms with Crippen LogP contribution in [0.5, 0.6) is 11.5 Å². The van der Waals surface area contributed by atoms with Crippen molar-refractivity contribution >= 4 is 51.4 Å². The number of aromatic nitrogens is 1. The first-order valence-electron chi connectivity index (χ1n) is 8.76. The molecule has 2 aromatic carbocycles. The summed E-state index contributed by atoms with van der Waals surface area (Å²) in [6.45, 7) is 0. The van der Waals surface area contributed by atoms with E-state index in [2.05, 4.69) is 20.9 Å². The van der Waals surface area contributed by atoms with Gasteiger partial charge in [0.05, 0.1) is 26.3 Å². The Labute approximate surface area is 182 Å². The van der Waals surface area contributed by atoms with Gasteiger partial charge in [-0.25, -0.2) is 9.78 Å². The summed E-state index contributed by atoms with van der Waals surface area (Å²) in [6.07, 6.45) is 0.0608.